The molecule has 2 aromatic carbocycles. The first-order valence-electron chi connectivity index (χ1n) is 8.19. The van der Waals surface area contributed by atoms with Crippen LogP contribution in [-0.4, -0.2) is 48.5 Å². The van der Waals surface area contributed by atoms with Crippen LogP contribution in [0.25, 0.3) is 0 Å². The van der Waals surface area contributed by atoms with Gasteiger partial charge in [0, 0.05) is 44.0 Å². The van der Waals surface area contributed by atoms with Crippen LogP contribution in [0.2, 0.25) is 0 Å². The molecule has 1 saturated heterocycles. The molecule has 0 saturated carbocycles. The van der Waals surface area contributed by atoms with Gasteiger partial charge in [-0.15, -0.1) is 0 Å². The van der Waals surface area contributed by atoms with Gasteiger partial charge < -0.3 is 14.5 Å². The summed E-state index contributed by atoms with van der Waals surface area (Å²) in [6.07, 6.45) is 0. The summed E-state index contributed by atoms with van der Waals surface area (Å²) in [7, 11) is 0. The number of non-ortho nitro benzene ring substituents is 1. The van der Waals surface area contributed by atoms with E-state index in [1.807, 2.05) is 24.3 Å². The third-order valence-electron chi connectivity index (χ3n) is 4.25. The fourth-order valence-corrected chi connectivity index (χ4v) is 3.19. The lowest BCUT2D eigenvalue weighted by molar-refractivity contribution is -0.384. The molecule has 1 aliphatic heterocycles. The first-order chi connectivity index (χ1) is 12.5. The summed E-state index contributed by atoms with van der Waals surface area (Å²) < 4.78 is 6.40. The molecule has 0 radical (unpaired) electrons. The number of amides is 1. The first kappa shape index (κ1) is 18.2. The van der Waals surface area contributed by atoms with Crippen LogP contribution in [0, 0.1) is 10.1 Å². The molecule has 0 unspecified atom stereocenters. The number of rotatable bonds is 5. The Morgan fingerprint density at radius 2 is 1.73 bits per heavy atom. The largest absolute Gasteiger partial charge is 0.483 e. The maximum Gasteiger partial charge on any atom is 0.269 e. The second-order valence-electron chi connectivity index (χ2n) is 5.86. The Morgan fingerprint density at radius 1 is 1.08 bits per heavy atom. The molecule has 0 aromatic heterocycles. The third kappa shape index (κ3) is 4.32. The van der Waals surface area contributed by atoms with Crippen LogP contribution in [0.1, 0.15) is 0 Å². The molecule has 8 heteroatoms. The molecule has 2 aromatic rings. The number of halogens is 1. The number of nitro groups is 1. The quantitative estimate of drug-likeness (QED) is 0.549. The summed E-state index contributed by atoms with van der Waals surface area (Å²) in [5, 5.41) is 10.7. The molecule has 26 heavy (non-hydrogen) atoms. The summed E-state index contributed by atoms with van der Waals surface area (Å²) in [6, 6.07) is 13.9. The maximum atomic E-state index is 12.3. The van der Waals surface area contributed by atoms with Crippen LogP contribution in [0.15, 0.2) is 53.0 Å². The van der Waals surface area contributed by atoms with E-state index in [-0.39, 0.29) is 18.2 Å². The summed E-state index contributed by atoms with van der Waals surface area (Å²) in [6.45, 7) is 2.54. The molecule has 1 amide bonds. The van der Waals surface area contributed by atoms with Crippen LogP contribution in [0.5, 0.6) is 5.75 Å². The maximum absolute atomic E-state index is 12.3. The van der Waals surface area contributed by atoms with Crippen molar-refractivity contribution >= 4 is 33.2 Å². The zero-order valence-corrected chi connectivity index (χ0v) is 15.6. The normalized spacial score (nSPS) is 14.2. The number of ether oxygens (including phenoxy) is 1. The Bertz CT molecular complexity index is 789. The van der Waals surface area contributed by atoms with Crippen molar-refractivity contribution in [3.8, 4) is 5.75 Å². The van der Waals surface area contributed by atoms with Crippen LogP contribution in [0.3, 0.4) is 0 Å². The number of anilines is 1. The fraction of sp³-hybridized carbons (Fsp3) is 0.278. The second-order valence-corrected chi connectivity index (χ2v) is 6.71. The van der Waals surface area contributed by atoms with E-state index in [4.69, 9.17) is 4.74 Å². The number of benzene rings is 2. The second kappa shape index (κ2) is 8.18. The van der Waals surface area contributed by atoms with Gasteiger partial charge in [-0.25, -0.2) is 0 Å². The van der Waals surface area contributed by atoms with Gasteiger partial charge in [0.2, 0.25) is 0 Å². The summed E-state index contributed by atoms with van der Waals surface area (Å²) in [5.41, 5.74) is 0.999. The topological polar surface area (TPSA) is 75.9 Å². The number of hydrogen-bond acceptors (Lipinski definition) is 5. The van der Waals surface area contributed by atoms with E-state index in [2.05, 4.69) is 20.8 Å². The lowest BCUT2D eigenvalue weighted by atomic mass is 10.2. The number of nitrogens with zero attached hydrogens (tertiary/aromatic N) is 3. The third-order valence-corrected chi connectivity index (χ3v) is 4.90. The van der Waals surface area contributed by atoms with Crippen molar-refractivity contribution in [2.75, 3.05) is 37.7 Å². The highest BCUT2D eigenvalue weighted by Gasteiger charge is 2.22. The number of hydrogen-bond donors (Lipinski definition) is 0. The van der Waals surface area contributed by atoms with Crippen LogP contribution in [-0.2, 0) is 4.79 Å². The van der Waals surface area contributed by atoms with E-state index in [9.17, 15) is 14.9 Å². The highest BCUT2D eigenvalue weighted by atomic mass is 79.9. The molecule has 3 rings (SSSR count). The molecular weight excluding hydrogens is 402 g/mol. The Hall–Kier alpha value is -2.61. The van der Waals surface area contributed by atoms with Crippen LogP contribution in [0.4, 0.5) is 11.4 Å². The SMILES string of the molecule is O=C(COc1ccccc1Br)N1CCN(c2ccc([N+](=O)[O-])cc2)CC1. The molecule has 1 heterocycles. The van der Waals surface area contributed by atoms with E-state index in [0.717, 1.165) is 10.2 Å². The molecule has 0 bridgehead atoms. The van der Waals surface area contributed by atoms with Gasteiger partial charge in [-0.05, 0) is 40.2 Å². The predicted octanol–water partition coefficient (Wildman–Crippen LogP) is 3.08. The Balaban J connectivity index is 1.50. The van der Waals surface area contributed by atoms with E-state index in [0.29, 0.717) is 31.9 Å². The lowest BCUT2D eigenvalue weighted by Gasteiger charge is -2.36. The predicted molar refractivity (Wildman–Crippen MR) is 102 cm³/mol. The highest BCUT2D eigenvalue weighted by molar-refractivity contribution is 9.10. The van der Waals surface area contributed by atoms with Gasteiger partial charge in [-0.1, -0.05) is 12.1 Å². The minimum absolute atomic E-state index is 0.000144. The average molecular weight is 420 g/mol. The minimum atomic E-state index is -0.411. The number of para-hydroxylation sites is 1. The van der Waals surface area contributed by atoms with Crippen molar-refractivity contribution < 1.29 is 14.5 Å². The number of piperazine rings is 1. The Labute approximate surface area is 159 Å². The van der Waals surface area contributed by atoms with Gasteiger partial charge in [0.1, 0.15) is 5.75 Å². The van der Waals surface area contributed by atoms with Crippen molar-refractivity contribution in [2.24, 2.45) is 0 Å². The van der Waals surface area contributed by atoms with Gasteiger partial charge in [0.15, 0.2) is 6.61 Å². The van der Waals surface area contributed by atoms with Crippen LogP contribution < -0.4 is 9.64 Å². The minimum Gasteiger partial charge on any atom is -0.483 e. The van der Waals surface area contributed by atoms with E-state index >= 15 is 0 Å². The zero-order chi connectivity index (χ0) is 18.5. The average Bonchev–Trinajstić information content (AvgIpc) is 2.67. The van der Waals surface area contributed by atoms with Gasteiger partial charge in [-0.2, -0.15) is 0 Å². The molecular formula is C18H18BrN3O4. The Morgan fingerprint density at radius 3 is 2.35 bits per heavy atom. The van der Waals surface area contributed by atoms with Crippen molar-refractivity contribution in [2.45, 2.75) is 0 Å². The van der Waals surface area contributed by atoms with Gasteiger partial charge >= 0.3 is 0 Å². The van der Waals surface area contributed by atoms with Crippen molar-refractivity contribution in [3.63, 3.8) is 0 Å². The molecule has 0 aliphatic carbocycles. The zero-order valence-electron chi connectivity index (χ0n) is 14.0. The summed E-state index contributed by atoms with van der Waals surface area (Å²) in [4.78, 5) is 26.5. The number of nitro benzene ring substituents is 1. The molecule has 136 valence electrons. The molecule has 0 spiro atoms. The standard InChI is InChI=1S/C18H18BrN3O4/c19-16-3-1-2-4-17(16)26-13-18(23)21-11-9-20(10-12-21)14-5-7-15(8-6-14)22(24)25/h1-8H,9-13H2. The summed E-state index contributed by atoms with van der Waals surface area (Å²) >= 11 is 3.39. The molecule has 7 nitrogen and oxygen atoms in total. The summed E-state index contributed by atoms with van der Waals surface area (Å²) in [5.74, 6) is 0.592. The van der Waals surface area contributed by atoms with Crippen molar-refractivity contribution in [3.05, 3.63) is 63.1 Å². The Kier molecular flexibility index (Phi) is 5.72. The van der Waals surface area contributed by atoms with E-state index in [1.54, 1.807) is 17.0 Å². The molecule has 1 aliphatic rings. The van der Waals surface area contributed by atoms with Gasteiger partial charge in [0.25, 0.3) is 11.6 Å². The van der Waals surface area contributed by atoms with Crippen LogP contribution >= 0.6 is 15.9 Å². The van der Waals surface area contributed by atoms with Crippen molar-refractivity contribution in [1.82, 2.24) is 4.90 Å². The molecule has 0 atom stereocenters. The molecule has 0 N–H and O–H groups in total. The van der Waals surface area contributed by atoms with Gasteiger partial charge in [-0.3, -0.25) is 14.9 Å². The molecule has 1 fully saturated rings. The van der Waals surface area contributed by atoms with E-state index in [1.165, 1.54) is 12.1 Å². The highest BCUT2D eigenvalue weighted by Crippen LogP contribution is 2.24. The van der Waals surface area contributed by atoms with Gasteiger partial charge in [0.05, 0.1) is 9.40 Å². The van der Waals surface area contributed by atoms with E-state index < -0.39 is 4.92 Å². The lowest BCUT2D eigenvalue weighted by Crippen LogP contribution is -2.50. The first-order valence-corrected chi connectivity index (χ1v) is 8.98. The smallest absolute Gasteiger partial charge is 0.269 e. The fourth-order valence-electron chi connectivity index (χ4n) is 2.79. The van der Waals surface area contributed by atoms with Crippen molar-refractivity contribution in [1.29, 1.82) is 0 Å². The number of carbonyl (C=O) groups is 1. The monoisotopic (exact) mass is 419 g/mol. The number of carbonyl (C=O) groups excluding carboxylic acids is 1.